The third-order valence-corrected chi connectivity index (χ3v) is 2.13. The molecule has 0 amide bonds. The van der Waals surface area contributed by atoms with Crippen LogP contribution in [0, 0.1) is 0 Å². The minimum atomic E-state index is -0.276. The fraction of sp³-hybridized carbons (Fsp3) is 1.00. The summed E-state index contributed by atoms with van der Waals surface area (Å²) in [6, 6.07) is 0. The molecule has 0 N–H and O–H groups in total. The van der Waals surface area contributed by atoms with E-state index in [-0.39, 0.29) is 11.2 Å². The van der Waals surface area contributed by atoms with Gasteiger partial charge in [-0.3, -0.25) is 0 Å². The standard InChI is InChI=1S/C7H14O3/c1-6(2)7(3,5-8-4)10-9-6/h5H2,1-4H3. The molecule has 3 nitrogen and oxygen atoms in total. The number of hydrogen-bond acceptors (Lipinski definition) is 3. The van der Waals surface area contributed by atoms with Crippen LogP contribution in [-0.2, 0) is 14.5 Å². The van der Waals surface area contributed by atoms with Crippen molar-refractivity contribution in [2.45, 2.75) is 32.0 Å². The van der Waals surface area contributed by atoms with Crippen LogP contribution >= 0.6 is 0 Å². The normalized spacial score (nSPS) is 37.2. The number of hydrogen-bond donors (Lipinski definition) is 0. The van der Waals surface area contributed by atoms with Gasteiger partial charge in [-0.1, -0.05) is 0 Å². The van der Waals surface area contributed by atoms with Crippen molar-refractivity contribution >= 4 is 0 Å². The Bertz CT molecular complexity index is 133. The van der Waals surface area contributed by atoms with Crippen LogP contribution in [0.15, 0.2) is 0 Å². The maximum absolute atomic E-state index is 4.98. The second-order valence-electron chi connectivity index (χ2n) is 3.34. The summed E-state index contributed by atoms with van der Waals surface area (Å²) in [5.74, 6) is 0. The molecule has 0 aromatic carbocycles. The zero-order valence-electron chi connectivity index (χ0n) is 6.93. The van der Waals surface area contributed by atoms with Gasteiger partial charge in [-0.05, 0) is 20.8 Å². The van der Waals surface area contributed by atoms with Crippen molar-refractivity contribution in [1.29, 1.82) is 0 Å². The summed E-state index contributed by atoms with van der Waals surface area (Å²) in [4.78, 5) is 9.86. The van der Waals surface area contributed by atoms with Crippen molar-refractivity contribution in [1.82, 2.24) is 0 Å². The quantitative estimate of drug-likeness (QED) is 0.546. The molecule has 1 fully saturated rings. The first-order chi connectivity index (χ1) is 4.52. The molecule has 1 aliphatic rings. The van der Waals surface area contributed by atoms with E-state index >= 15 is 0 Å². The third kappa shape index (κ3) is 0.944. The highest BCUT2D eigenvalue weighted by molar-refractivity contribution is 4.96. The lowest BCUT2D eigenvalue weighted by Crippen LogP contribution is -2.64. The Morgan fingerprint density at radius 2 is 1.80 bits per heavy atom. The smallest absolute Gasteiger partial charge is 0.155 e. The van der Waals surface area contributed by atoms with E-state index in [0.717, 1.165) is 0 Å². The SMILES string of the molecule is COCC1(C)OOC1(C)C. The van der Waals surface area contributed by atoms with Gasteiger partial charge < -0.3 is 4.74 Å². The maximum atomic E-state index is 4.98. The molecule has 0 bridgehead atoms. The Morgan fingerprint density at radius 1 is 1.20 bits per heavy atom. The van der Waals surface area contributed by atoms with Crippen molar-refractivity contribution in [2.24, 2.45) is 0 Å². The summed E-state index contributed by atoms with van der Waals surface area (Å²) in [5.41, 5.74) is -0.495. The summed E-state index contributed by atoms with van der Waals surface area (Å²) < 4.78 is 4.98. The van der Waals surface area contributed by atoms with Crippen LogP contribution < -0.4 is 0 Å². The lowest BCUT2D eigenvalue weighted by Gasteiger charge is -2.50. The summed E-state index contributed by atoms with van der Waals surface area (Å²) in [7, 11) is 1.66. The predicted molar refractivity (Wildman–Crippen MR) is 36.5 cm³/mol. The Morgan fingerprint density at radius 3 is 1.90 bits per heavy atom. The van der Waals surface area contributed by atoms with Crippen LogP contribution in [0.2, 0.25) is 0 Å². The molecule has 1 rings (SSSR count). The Labute approximate surface area is 61.2 Å². The lowest BCUT2D eigenvalue weighted by atomic mass is 9.87. The minimum Gasteiger partial charge on any atom is -0.381 e. The highest BCUT2D eigenvalue weighted by Gasteiger charge is 2.54. The van der Waals surface area contributed by atoms with E-state index in [0.29, 0.717) is 6.61 Å². The fourth-order valence-corrected chi connectivity index (χ4v) is 0.824. The van der Waals surface area contributed by atoms with Crippen LogP contribution in [-0.4, -0.2) is 24.9 Å². The number of rotatable bonds is 2. The van der Waals surface area contributed by atoms with Gasteiger partial charge in [-0.15, -0.1) is 0 Å². The molecule has 0 saturated carbocycles. The molecular formula is C7H14O3. The second-order valence-corrected chi connectivity index (χ2v) is 3.34. The Kier molecular flexibility index (Phi) is 1.75. The topological polar surface area (TPSA) is 27.7 Å². The molecule has 3 heteroatoms. The van der Waals surface area contributed by atoms with Gasteiger partial charge in [0.05, 0.1) is 6.61 Å². The Hall–Kier alpha value is -0.120. The zero-order valence-corrected chi connectivity index (χ0v) is 6.93. The summed E-state index contributed by atoms with van der Waals surface area (Å²) in [5, 5.41) is 0. The second kappa shape index (κ2) is 2.19. The minimum absolute atomic E-state index is 0.219. The average molecular weight is 146 g/mol. The van der Waals surface area contributed by atoms with Gasteiger partial charge in [-0.2, -0.15) is 0 Å². The first-order valence-electron chi connectivity index (χ1n) is 3.38. The van der Waals surface area contributed by atoms with E-state index in [2.05, 4.69) is 0 Å². The van der Waals surface area contributed by atoms with Gasteiger partial charge in [0.25, 0.3) is 0 Å². The zero-order chi connectivity index (χ0) is 7.83. The van der Waals surface area contributed by atoms with Crippen LogP contribution in [0.1, 0.15) is 20.8 Å². The maximum Gasteiger partial charge on any atom is 0.155 e. The number of methoxy groups -OCH3 is 1. The monoisotopic (exact) mass is 146 g/mol. The summed E-state index contributed by atoms with van der Waals surface area (Å²) in [6.07, 6.45) is 0. The molecule has 0 aromatic heterocycles. The molecule has 1 unspecified atom stereocenters. The average Bonchev–Trinajstić information content (AvgIpc) is 1.86. The lowest BCUT2D eigenvalue weighted by molar-refractivity contribution is -0.544. The van der Waals surface area contributed by atoms with Crippen molar-refractivity contribution in [3.8, 4) is 0 Å². The van der Waals surface area contributed by atoms with Gasteiger partial charge in [0, 0.05) is 7.11 Å². The van der Waals surface area contributed by atoms with Crippen LogP contribution in [0.25, 0.3) is 0 Å². The largest absolute Gasteiger partial charge is 0.381 e. The summed E-state index contributed by atoms with van der Waals surface area (Å²) in [6.45, 7) is 6.50. The molecule has 1 heterocycles. The molecule has 60 valence electrons. The van der Waals surface area contributed by atoms with Crippen LogP contribution in [0.3, 0.4) is 0 Å². The van der Waals surface area contributed by atoms with E-state index in [9.17, 15) is 0 Å². The molecule has 1 saturated heterocycles. The predicted octanol–water partition coefficient (Wildman–Crippen LogP) is 1.13. The van der Waals surface area contributed by atoms with Crippen LogP contribution in [0.5, 0.6) is 0 Å². The van der Waals surface area contributed by atoms with Crippen molar-refractivity contribution in [2.75, 3.05) is 13.7 Å². The van der Waals surface area contributed by atoms with Crippen molar-refractivity contribution in [3.63, 3.8) is 0 Å². The first kappa shape index (κ1) is 7.98. The van der Waals surface area contributed by atoms with Crippen molar-refractivity contribution < 1.29 is 14.5 Å². The van der Waals surface area contributed by atoms with Gasteiger partial charge >= 0.3 is 0 Å². The molecule has 0 radical (unpaired) electrons. The van der Waals surface area contributed by atoms with E-state index in [4.69, 9.17) is 14.5 Å². The van der Waals surface area contributed by atoms with Crippen molar-refractivity contribution in [3.05, 3.63) is 0 Å². The molecule has 10 heavy (non-hydrogen) atoms. The van der Waals surface area contributed by atoms with E-state index in [1.807, 2.05) is 20.8 Å². The fourth-order valence-electron chi connectivity index (χ4n) is 0.824. The van der Waals surface area contributed by atoms with Gasteiger partial charge in [0.1, 0.15) is 5.60 Å². The Balaban J connectivity index is 2.53. The third-order valence-electron chi connectivity index (χ3n) is 2.13. The van der Waals surface area contributed by atoms with Gasteiger partial charge in [0.15, 0.2) is 5.60 Å². The molecule has 1 atom stereocenters. The van der Waals surface area contributed by atoms with E-state index in [1.54, 1.807) is 7.11 Å². The van der Waals surface area contributed by atoms with Crippen LogP contribution in [0.4, 0.5) is 0 Å². The highest BCUT2D eigenvalue weighted by Crippen LogP contribution is 2.39. The molecular weight excluding hydrogens is 132 g/mol. The number of ether oxygens (including phenoxy) is 1. The highest BCUT2D eigenvalue weighted by atomic mass is 17.3. The van der Waals surface area contributed by atoms with Gasteiger partial charge in [-0.25, -0.2) is 9.78 Å². The van der Waals surface area contributed by atoms with E-state index < -0.39 is 0 Å². The first-order valence-corrected chi connectivity index (χ1v) is 3.38. The summed E-state index contributed by atoms with van der Waals surface area (Å²) >= 11 is 0. The molecule has 0 aliphatic carbocycles. The van der Waals surface area contributed by atoms with E-state index in [1.165, 1.54) is 0 Å². The molecule has 0 spiro atoms. The molecule has 1 aliphatic heterocycles. The molecule has 0 aromatic rings. The van der Waals surface area contributed by atoms with Gasteiger partial charge in [0.2, 0.25) is 0 Å².